The highest BCUT2D eigenvalue weighted by molar-refractivity contribution is 5.94. The van der Waals surface area contributed by atoms with Crippen molar-refractivity contribution >= 4 is 11.6 Å². The van der Waals surface area contributed by atoms with Crippen molar-refractivity contribution in [2.45, 2.75) is 140 Å². The predicted molar refractivity (Wildman–Crippen MR) is 168 cm³/mol. The molecule has 2 saturated carbocycles. The number of carbonyl (C=O) groups is 2. The van der Waals surface area contributed by atoms with E-state index in [9.17, 15) is 50.4 Å². The first-order valence-corrected chi connectivity index (χ1v) is 16.6. The molecule has 8 unspecified atom stereocenters. The first kappa shape index (κ1) is 36.1. The SMILES string of the molecule is Cc1c(O)c(OC2OC(CO)C(O)C(O)C2O)cc2c1CC[C@H]1[C@]3(C)CC(O)C(C(C)(O)C(=O)CCC(C)(C)O)[C@@]3(C)CC(=O)[C@]21C. The molecule has 4 aliphatic rings. The molecular weight excluding hydrogens is 612 g/mol. The normalized spacial score (nSPS) is 41.4. The number of ether oxygens (including phenoxy) is 2. The zero-order valence-electron chi connectivity index (χ0n) is 28.4. The van der Waals surface area contributed by atoms with E-state index in [0.29, 0.717) is 24.0 Å². The van der Waals surface area contributed by atoms with Crippen LogP contribution in [0.15, 0.2) is 6.07 Å². The lowest BCUT2D eigenvalue weighted by molar-refractivity contribution is -0.277. The third kappa shape index (κ3) is 5.34. The molecule has 0 spiro atoms. The lowest BCUT2D eigenvalue weighted by Crippen LogP contribution is -2.63. The molecule has 1 aliphatic heterocycles. The topological polar surface area (TPSA) is 214 Å². The average molecular weight is 665 g/mol. The van der Waals surface area contributed by atoms with Crippen LogP contribution in [-0.2, 0) is 26.2 Å². The Bertz CT molecular complexity index is 1420. The summed E-state index contributed by atoms with van der Waals surface area (Å²) < 4.78 is 11.4. The molecule has 8 N–H and O–H groups in total. The zero-order chi connectivity index (χ0) is 35.2. The molecule has 3 aliphatic carbocycles. The maximum absolute atomic E-state index is 14.6. The number of fused-ring (bicyclic) bond motifs is 5. The molecule has 47 heavy (non-hydrogen) atoms. The van der Waals surface area contributed by atoms with Gasteiger partial charge < -0.3 is 50.3 Å². The van der Waals surface area contributed by atoms with E-state index in [1.807, 2.05) is 20.8 Å². The summed E-state index contributed by atoms with van der Waals surface area (Å²) in [7, 11) is 0. The fourth-order valence-corrected chi connectivity index (χ4v) is 9.82. The quantitative estimate of drug-likeness (QED) is 0.195. The Morgan fingerprint density at radius 3 is 2.28 bits per heavy atom. The van der Waals surface area contributed by atoms with Crippen LogP contribution in [-0.4, -0.2) is 107 Å². The van der Waals surface area contributed by atoms with Gasteiger partial charge in [-0.15, -0.1) is 0 Å². The highest BCUT2D eigenvalue weighted by Gasteiger charge is 2.73. The third-order valence-electron chi connectivity index (χ3n) is 12.7. The number of ketones is 2. The van der Waals surface area contributed by atoms with Crippen molar-refractivity contribution in [3.63, 3.8) is 0 Å². The summed E-state index contributed by atoms with van der Waals surface area (Å²) in [6.45, 7) is 11.4. The van der Waals surface area contributed by atoms with Crippen molar-refractivity contribution in [1.29, 1.82) is 0 Å². The van der Waals surface area contributed by atoms with Gasteiger partial charge in [0.25, 0.3) is 0 Å². The van der Waals surface area contributed by atoms with Crippen LogP contribution in [0, 0.1) is 29.6 Å². The van der Waals surface area contributed by atoms with E-state index in [1.165, 1.54) is 6.92 Å². The Morgan fingerprint density at radius 1 is 1.04 bits per heavy atom. The van der Waals surface area contributed by atoms with E-state index in [4.69, 9.17) is 9.47 Å². The molecule has 5 rings (SSSR count). The number of hydrogen-bond acceptors (Lipinski definition) is 12. The second kappa shape index (κ2) is 11.7. The first-order chi connectivity index (χ1) is 21.6. The number of phenolic OH excluding ortho intramolecular Hbond substituents is 1. The minimum absolute atomic E-state index is 0.0323. The smallest absolute Gasteiger partial charge is 0.229 e. The Hall–Kier alpha value is -2.16. The molecule has 0 radical (unpaired) electrons. The third-order valence-corrected chi connectivity index (χ3v) is 12.7. The minimum atomic E-state index is -1.95. The van der Waals surface area contributed by atoms with Gasteiger partial charge >= 0.3 is 0 Å². The molecular formula is C35H52O12. The summed E-state index contributed by atoms with van der Waals surface area (Å²) >= 11 is 0. The van der Waals surface area contributed by atoms with Crippen LogP contribution in [0.2, 0.25) is 0 Å². The second-order valence-corrected chi connectivity index (χ2v) is 16.1. The van der Waals surface area contributed by atoms with Gasteiger partial charge in [0.15, 0.2) is 17.3 Å². The van der Waals surface area contributed by atoms with E-state index in [1.54, 1.807) is 26.8 Å². The number of aliphatic hydroxyl groups excluding tert-OH is 5. The summed E-state index contributed by atoms with van der Waals surface area (Å²) in [5, 5.41) is 85.5. The number of carbonyl (C=O) groups excluding carboxylic acids is 2. The fourth-order valence-electron chi connectivity index (χ4n) is 9.82. The minimum Gasteiger partial charge on any atom is -0.504 e. The molecule has 264 valence electrons. The van der Waals surface area contributed by atoms with E-state index < -0.39 is 82.6 Å². The van der Waals surface area contributed by atoms with Gasteiger partial charge in [-0.2, -0.15) is 0 Å². The van der Waals surface area contributed by atoms with Gasteiger partial charge in [0, 0.05) is 18.8 Å². The van der Waals surface area contributed by atoms with Gasteiger partial charge in [-0.25, -0.2) is 0 Å². The Morgan fingerprint density at radius 2 is 1.68 bits per heavy atom. The largest absolute Gasteiger partial charge is 0.504 e. The molecule has 12 nitrogen and oxygen atoms in total. The molecule has 12 atom stereocenters. The van der Waals surface area contributed by atoms with Gasteiger partial charge in [-0.1, -0.05) is 13.8 Å². The summed E-state index contributed by atoms with van der Waals surface area (Å²) in [5.74, 6) is -2.26. The molecule has 3 fully saturated rings. The van der Waals surface area contributed by atoms with E-state index in [0.717, 1.165) is 5.56 Å². The van der Waals surface area contributed by atoms with Gasteiger partial charge in [0.05, 0.1) is 23.7 Å². The van der Waals surface area contributed by atoms with Crippen LogP contribution in [0.5, 0.6) is 11.5 Å². The number of aliphatic hydroxyl groups is 7. The van der Waals surface area contributed by atoms with E-state index >= 15 is 0 Å². The summed E-state index contributed by atoms with van der Waals surface area (Å²) in [6.07, 6.45) is -7.54. The van der Waals surface area contributed by atoms with Crippen LogP contribution in [0.4, 0.5) is 0 Å². The number of hydrogen-bond donors (Lipinski definition) is 8. The summed E-state index contributed by atoms with van der Waals surface area (Å²) in [4.78, 5) is 28.0. The van der Waals surface area contributed by atoms with Gasteiger partial charge in [0.2, 0.25) is 6.29 Å². The molecule has 0 bridgehead atoms. The molecule has 0 aromatic heterocycles. The Labute approximate surface area is 275 Å². The van der Waals surface area contributed by atoms with E-state index in [-0.39, 0.29) is 48.9 Å². The number of benzene rings is 1. The van der Waals surface area contributed by atoms with Crippen molar-refractivity contribution in [3.05, 3.63) is 22.8 Å². The number of aromatic hydroxyl groups is 1. The standard InChI is InChI=1S/C35H52O12/c1-16-17-8-9-22-32(4)13-19(37)29(35(7,45)23(38)10-11-31(2,3)44)33(32,5)14-24(39)34(22,6)18(17)12-20(25(16)40)46-30-28(43)27(42)26(41)21(15-36)47-30/h12,19,21-22,26-30,36-37,40-45H,8-11,13-15H2,1-7H3/t19?,21?,22-,26?,27?,28?,29?,30?,32-,33+,34+,35?/m0/s1. The summed E-state index contributed by atoms with van der Waals surface area (Å²) in [5.41, 5.74) is -3.99. The molecule has 1 aromatic carbocycles. The Balaban J connectivity index is 1.53. The average Bonchev–Trinajstić information content (AvgIpc) is 3.19. The number of phenols is 1. The first-order valence-electron chi connectivity index (χ1n) is 16.6. The van der Waals surface area contributed by atoms with Crippen LogP contribution in [0.1, 0.15) is 90.3 Å². The number of Topliss-reactive ketones (excluding diaryl/α,β-unsaturated/α-hetero) is 2. The predicted octanol–water partition coefficient (Wildman–Crippen LogP) is 0.937. The van der Waals surface area contributed by atoms with Crippen LogP contribution in [0.25, 0.3) is 0 Å². The van der Waals surface area contributed by atoms with Crippen molar-refractivity contribution in [2.75, 3.05) is 6.61 Å². The van der Waals surface area contributed by atoms with Crippen molar-refractivity contribution < 1.29 is 59.9 Å². The van der Waals surface area contributed by atoms with Crippen LogP contribution < -0.4 is 4.74 Å². The highest BCUT2D eigenvalue weighted by atomic mass is 16.7. The van der Waals surface area contributed by atoms with Crippen molar-refractivity contribution in [2.24, 2.45) is 22.7 Å². The summed E-state index contributed by atoms with van der Waals surface area (Å²) in [6, 6.07) is 1.55. The van der Waals surface area contributed by atoms with Crippen molar-refractivity contribution in [1.82, 2.24) is 0 Å². The Kier molecular flexibility index (Phi) is 9.01. The van der Waals surface area contributed by atoms with Crippen LogP contribution >= 0.6 is 0 Å². The van der Waals surface area contributed by atoms with Crippen molar-refractivity contribution in [3.8, 4) is 11.5 Å². The fraction of sp³-hybridized carbons (Fsp3) is 0.771. The van der Waals surface area contributed by atoms with E-state index in [2.05, 4.69) is 0 Å². The van der Waals surface area contributed by atoms with Gasteiger partial charge in [-0.3, -0.25) is 9.59 Å². The lowest BCUT2D eigenvalue weighted by atomic mass is 9.41. The monoisotopic (exact) mass is 664 g/mol. The van der Waals surface area contributed by atoms with Gasteiger partial charge in [-0.05, 0) is 99.8 Å². The lowest BCUT2D eigenvalue weighted by Gasteiger charge is -2.61. The molecule has 1 heterocycles. The highest BCUT2D eigenvalue weighted by Crippen LogP contribution is 2.72. The second-order valence-electron chi connectivity index (χ2n) is 16.1. The van der Waals surface area contributed by atoms with Gasteiger partial charge in [0.1, 0.15) is 35.8 Å². The van der Waals surface area contributed by atoms with Crippen LogP contribution in [0.3, 0.4) is 0 Å². The molecule has 0 amide bonds. The maximum atomic E-state index is 14.6. The number of rotatable bonds is 8. The molecule has 1 saturated heterocycles. The maximum Gasteiger partial charge on any atom is 0.229 e. The zero-order valence-corrected chi connectivity index (χ0v) is 28.4. The molecule has 12 heteroatoms. The molecule has 1 aromatic rings.